The van der Waals surface area contributed by atoms with E-state index >= 15 is 0 Å². The summed E-state index contributed by atoms with van der Waals surface area (Å²) in [5.41, 5.74) is 0.374. The van der Waals surface area contributed by atoms with Crippen molar-refractivity contribution in [1.82, 2.24) is 5.32 Å². The summed E-state index contributed by atoms with van der Waals surface area (Å²) in [6.07, 6.45) is 1.40. The Kier molecular flexibility index (Phi) is 4.42. The Labute approximate surface area is 142 Å². The number of thioether (sulfide) groups is 1. The van der Waals surface area contributed by atoms with E-state index in [4.69, 9.17) is 0 Å². The highest BCUT2D eigenvalue weighted by atomic mass is 32.2. The summed E-state index contributed by atoms with van der Waals surface area (Å²) in [5, 5.41) is 4.18. The quantitative estimate of drug-likeness (QED) is 0.291. The van der Waals surface area contributed by atoms with Gasteiger partial charge in [-0.2, -0.15) is 8.78 Å². The van der Waals surface area contributed by atoms with Crippen LogP contribution in [0.25, 0.3) is 0 Å². The molecule has 0 aromatic heterocycles. The molecule has 0 aliphatic carbocycles. The summed E-state index contributed by atoms with van der Waals surface area (Å²) in [6, 6.07) is 8.01. The molecular formula is C16H8F5NO2S. The molecular weight excluding hydrogens is 365 g/mol. The van der Waals surface area contributed by atoms with Gasteiger partial charge in [0.1, 0.15) is 0 Å². The fraction of sp³-hybridized carbons (Fsp3) is 0.0625. The number of rotatable bonds is 3. The molecule has 9 heteroatoms. The van der Waals surface area contributed by atoms with Crippen LogP contribution < -0.4 is 10.1 Å². The maximum absolute atomic E-state index is 13.7. The van der Waals surface area contributed by atoms with Crippen LogP contribution in [0.1, 0.15) is 5.56 Å². The van der Waals surface area contributed by atoms with Crippen LogP contribution in [0.15, 0.2) is 41.9 Å². The summed E-state index contributed by atoms with van der Waals surface area (Å²) in [7, 11) is 0. The van der Waals surface area contributed by atoms with E-state index < -0.39 is 45.7 Å². The number of hydrogen-bond acceptors (Lipinski definition) is 4. The Balaban J connectivity index is 2.02. The van der Waals surface area contributed by atoms with Crippen LogP contribution in [0.4, 0.5) is 22.0 Å². The largest absolute Gasteiger partial charge is 0.417 e. The van der Waals surface area contributed by atoms with Crippen LogP contribution in [0, 0.1) is 29.1 Å². The van der Waals surface area contributed by atoms with Gasteiger partial charge < -0.3 is 10.1 Å². The van der Waals surface area contributed by atoms with Gasteiger partial charge in [-0.15, -0.1) is 0 Å². The minimum atomic E-state index is -2.33. The number of halogens is 5. The Morgan fingerprint density at radius 3 is 2.00 bits per heavy atom. The van der Waals surface area contributed by atoms with Crippen molar-refractivity contribution in [3.05, 3.63) is 76.6 Å². The van der Waals surface area contributed by atoms with Crippen LogP contribution >= 0.6 is 11.8 Å². The molecule has 130 valence electrons. The Bertz CT molecular complexity index is 836. The molecule has 0 radical (unpaired) electrons. The molecule has 2 aromatic rings. The third-order valence-corrected chi connectivity index (χ3v) is 4.58. The highest BCUT2D eigenvalue weighted by molar-refractivity contribution is 8.03. The van der Waals surface area contributed by atoms with Gasteiger partial charge in [-0.25, -0.2) is 18.0 Å². The fourth-order valence-corrected chi connectivity index (χ4v) is 3.10. The molecule has 25 heavy (non-hydrogen) atoms. The SMILES string of the molecule is O=C(Oc1c(F)c(F)c(F)c(F)c1F)C1(c2ccccc2)NC=CS1. The molecule has 0 spiro atoms. The number of ether oxygens (including phenoxy) is 1. The minimum absolute atomic E-state index is 0.374. The minimum Gasteiger partial charge on any atom is -0.417 e. The maximum Gasteiger partial charge on any atom is 0.353 e. The second-order valence-electron chi connectivity index (χ2n) is 4.90. The second kappa shape index (κ2) is 6.40. The highest BCUT2D eigenvalue weighted by Gasteiger charge is 2.45. The first-order valence-electron chi connectivity index (χ1n) is 6.78. The molecule has 0 amide bonds. The van der Waals surface area contributed by atoms with Crippen LogP contribution in [0.3, 0.4) is 0 Å². The molecule has 3 nitrogen and oxygen atoms in total. The molecule has 3 rings (SSSR count). The predicted molar refractivity (Wildman–Crippen MR) is 79.9 cm³/mol. The lowest BCUT2D eigenvalue weighted by Crippen LogP contribution is -2.44. The second-order valence-corrected chi connectivity index (χ2v) is 6.02. The highest BCUT2D eigenvalue weighted by Crippen LogP contribution is 2.40. The predicted octanol–water partition coefficient (Wildman–Crippen LogP) is 3.95. The first-order valence-corrected chi connectivity index (χ1v) is 7.66. The van der Waals surface area contributed by atoms with E-state index in [9.17, 15) is 26.7 Å². The third-order valence-electron chi connectivity index (χ3n) is 3.43. The smallest absolute Gasteiger partial charge is 0.353 e. The van der Waals surface area contributed by atoms with Gasteiger partial charge in [-0.1, -0.05) is 42.1 Å². The van der Waals surface area contributed by atoms with Crippen molar-refractivity contribution < 1.29 is 31.5 Å². The topological polar surface area (TPSA) is 38.3 Å². The number of benzene rings is 2. The van der Waals surface area contributed by atoms with Crippen molar-refractivity contribution in [2.75, 3.05) is 0 Å². The van der Waals surface area contributed by atoms with Gasteiger partial charge in [-0.3, -0.25) is 0 Å². The van der Waals surface area contributed by atoms with E-state index in [0.717, 1.165) is 11.8 Å². The summed E-state index contributed by atoms with van der Waals surface area (Å²) < 4.78 is 71.7. The standard InChI is InChI=1S/C16H8F5NO2S/c17-9-10(18)12(20)14(13(21)11(9)19)24-15(23)16(22-6-7-25-16)8-4-2-1-3-5-8/h1-7,22H. The van der Waals surface area contributed by atoms with Crippen molar-refractivity contribution in [3.63, 3.8) is 0 Å². The Morgan fingerprint density at radius 2 is 1.48 bits per heavy atom. The van der Waals surface area contributed by atoms with Crippen molar-refractivity contribution in [2.45, 2.75) is 4.87 Å². The first-order chi connectivity index (χ1) is 11.9. The van der Waals surface area contributed by atoms with Crippen LogP contribution in [-0.4, -0.2) is 5.97 Å². The van der Waals surface area contributed by atoms with E-state index in [1.165, 1.54) is 11.6 Å². The lowest BCUT2D eigenvalue weighted by molar-refractivity contribution is -0.138. The summed E-state index contributed by atoms with van der Waals surface area (Å²) >= 11 is 0.921. The third kappa shape index (κ3) is 2.74. The van der Waals surface area contributed by atoms with Crippen LogP contribution in [0.2, 0.25) is 0 Å². The van der Waals surface area contributed by atoms with Crippen molar-refractivity contribution in [2.24, 2.45) is 0 Å². The summed E-state index contributed by atoms with van der Waals surface area (Å²) in [5.74, 6) is -14.0. The van der Waals surface area contributed by atoms with Gasteiger partial charge in [-0.05, 0) is 11.0 Å². The zero-order valence-electron chi connectivity index (χ0n) is 12.2. The lowest BCUT2D eigenvalue weighted by Gasteiger charge is -2.27. The van der Waals surface area contributed by atoms with Gasteiger partial charge in [0.25, 0.3) is 0 Å². The first kappa shape index (κ1) is 17.3. The van der Waals surface area contributed by atoms with Gasteiger partial charge in [0.05, 0.1) is 0 Å². The molecule has 2 aromatic carbocycles. The van der Waals surface area contributed by atoms with E-state index in [-0.39, 0.29) is 0 Å². The van der Waals surface area contributed by atoms with Gasteiger partial charge in [0.15, 0.2) is 0 Å². The van der Waals surface area contributed by atoms with Crippen LogP contribution in [-0.2, 0) is 9.67 Å². The zero-order valence-corrected chi connectivity index (χ0v) is 13.0. The fourth-order valence-electron chi connectivity index (χ4n) is 2.21. The molecule has 1 unspecified atom stereocenters. The van der Waals surface area contributed by atoms with Gasteiger partial charge in [0.2, 0.25) is 39.7 Å². The molecule has 0 bridgehead atoms. The van der Waals surface area contributed by atoms with Crippen molar-refractivity contribution in [1.29, 1.82) is 0 Å². The summed E-state index contributed by atoms with van der Waals surface area (Å²) in [4.78, 5) is 10.9. The van der Waals surface area contributed by atoms with Crippen molar-refractivity contribution in [3.8, 4) is 5.75 Å². The molecule has 0 saturated heterocycles. The molecule has 1 aliphatic heterocycles. The van der Waals surface area contributed by atoms with Gasteiger partial charge in [0, 0.05) is 6.20 Å². The van der Waals surface area contributed by atoms with E-state index in [2.05, 4.69) is 10.1 Å². The molecule has 1 aliphatic rings. The number of nitrogens with one attached hydrogen (secondary N) is 1. The van der Waals surface area contributed by atoms with E-state index in [0.29, 0.717) is 5.56 Å². The maximum atomic E-state index is 13.7. The van der Waals surface area contributed by atoms with Gasteiger partial charge >= 0.3 is 5.97 Å². The number of hydrogen-bond donors (Lipinski definition) is 1. The van der Waals surface area contributed by atoms with E-state index in [1.807, 2.05) is 0 Å². The normalized spacial score (nSPS) is 18.9. The average molecular weight is 373 g/mol. The molecule has 1 heterocycles. The monoisotopic (exact) mass is 373 g/mol. The van der Waals surface area contributed by atoms with E-state index in [1.54, 1.807) is 30.3 Å². The lowest BCUT2D eigenvalue weighted by atomic mass is 10.1. The van der Waals surface area contributed by atoms with Crippen LogP contribution in [0.5, 0.6) is 5.75 Å². The molecule has 1 atom stereocenters. The zero-order chi connectivity index (χ0) is 18.2. The number of esters is 1. The molecule has 0 fully saturated rings. The molecule has 0 saturated carbocycles. The molecule has 1 N–H and O–H groups in total. The average Bonchev–Trinajstić information content (AvgIpc) is 3.14. The number of carbonyl (C=O) groups is 1. The Morgan fingerprint density at radius 1 is 0.920 bits per heavy atom. The summed E-state index contributed by atoms with van der Waals surface area (Å²) in [6.45, 7) is 0. The van der Waals surface area contributed by atoms with Crippen molar-refractivity contribution >= 4 is 17.7 Å². The Hall–Kier alpha value is -2.55. The number of carbonyl (C=O) groups excluding carboxylic acids is 1.